The lowest BCUT2D eigenvalue weighted by molar-refractivity contribution is 0.0950. The van der Waals surface area contributed by atoms with Crippen LogP contribution in [0.2, 0.25) is 0 Å². The number of benzene rings is 3. The van der Waals surface area contributed by atoms with Gasteiger partial charge in [0.15, 0.2) is 0 Å². The molecule has 1 aromatic heterocycles. The molecule has 9 heteroatoms. The van der Waals surface area contributed by atoms with Crippen LogP contribution in [0.4, 0.5) is 4.39 Å². The number of hydrogen-bond donors (Lipinski definition) is 2. The van der Waals surface area contributed by atoms with E-state index in [0.29, 0.717) is 16.8 Å². The van der Waals surface area contributed by atoms with Gasteiger partial charge >= 0.3 is 0 Å². The highest BCUT2D eigenvalue weighted by Gasteiger charge is 2.19. The maximum Gasteiger partial charge on any atom is 0.251 e. The summed E-state index contributed by atoms with van der Waals surface area (Å²) in [4.78, 5) is 13.1. The molecule has 1 amide bonds. The third-order valence-electron chi connectivity index (χ3n) is 5.47. The summed E-state index contributed by atoms with van der Waals surface area (Å²) in [6, 6.07) is 20.0. The van der Waals surface area contributed by atoms with Crippen LogP contribution in [0.25, 0.3) is 16.9 Å². The number of nitrogens with zero attached hydrogens (tertiary/aromatic N) is 2. The van der Waals surface area contributed by atoms with Crippen LogP contribution in [-0.2, 0) is 16.6 Å². The van der Waals surface area contributed by atoms with Gasteiger partial charge < -0.3 is 5.32 Å². The zero-order chi connectivity index (χ0) is 25.0. The molecular formula is C26H25FN4O3S. The van der Waals surface area contributed by atoms with E-state index in [1.807, 2.05) is 36.5 Å². The smallest absolute Gasteiger partial charge is 0.251 e. The molecule has 0 saturated carbocycles. The predicted molar refractivity (Wildman–Crippen MR) is 132 cm³/mol. The van der Waals surface area contributed by atoms with E-state index in [0.717, 1.165) is 11.3 Å². The fourth-order valence-electron chi connectivity index (χ4n) is 3.66. The summed E-state index contributed by atoms with van der Waals surface area (Å²) in [5, 5.41) is 7.54. The fraction of sp³-hybridized carbons (Fsp3) is 0.154. The number of rotatable bonds is 8. The second-order valence-electron chi connectivity index (χ2n) is 7.95. The summed E-state index contributed by atoms with van der Waals surface area (Å²) < 4.78 is 42.4. The third kappa shape index (κ3) is 5.47. The molecule has 0 aliphatic carbocycles. The van der Waals surface area contributed by atoms with E-state index in [-0.39, 0.29) is 29.4 Å². The molecule has 0 radical (unpaired) electrons. The van der Waals surface area contributed by atoms with Gasteiger partial charge in [-0.1, -0.05) is 31.2 Å². The van der Waals surface area contributed by atoms with Crippen molar-refractivity contribution in [3.05, 3.63) is 102 Å². The van der Waals surface area contributed by atoms with Crippen molar-refractivity contribution in [2.45, 2.75) is 25.3 Å². The van der Waals surface area contributed by atoms with Gasteiger partial charge in [0.05, 0.1) is 16.3 Å². The summed E-state index contributed by atoms with van der Waals surface area (Å²) in [6.45, 7) is 3.82. The second-order valence-corrected chi connectivity index (χ2v) is 9.72. The first-order chi connectivity index (χ1) is 16.8. The molecule has 0 atom stereocenters. The largest absolute Gasteiger partial charge is 0.348 e. The summed E-state index contributed by atoms with van der Waals surface area (Å²) in [7, 11) is -3.70. The average molecular weight is 493 g/mol. The van der Waals surface area contributed by atoms with Crippen LogP contribution < -0.4 is 10.0 Å². The van der Waals surface area contributed by atoms with Gasteiger partial charge in [0.1, 0.15) is 5.82 Å². The van der Waals surface area contributed by atoms with E-state index in [1.54, 1.807) is 36.7 Å². The molecule has 180 valence electrons. The molecular weight excluding hydrogens is 467 g/mol. The van der Waals surface area contributed by atoms with Gasteiger partial charge in [-0.3, -0.25) is 4.79 Å². The van der Waals surface area contributed by atoms with Crippen LogP contribution in [-0.4, -0.2) is 30.7 Å². The number of nitrogens with one attached hydrogen (secondary N) is 2. The first-order valence-corrected chi connectivity index (χ1v) is 12.5. The number of carbonyl (C=O) groups is 1. The van der Waals surface area contributed by atoms with E-state index >= 15 is 0 Å². The van der Waals surface area contributed by atoms with Crippen LogP contribution >= 0.6 is 0 Å². The first kappa shape index (κ1) is 24.3. The van der Waals surface area contributed by atoms with Gasteiger partial charge in [-0.05, 0) is 61.0 Å². The van der Waals surface area contributed by atoms with Crippen molar-refractivity contribution in [2.24, 2.45) is 0 Å². The Hall–Kier alpha value is -3.82. The van der Waals surface area contributed by atoms with E-state index < -0.39 is 15.9 Å². The highest BCUT2D eigenvalue weighted by atomic mass is 32.2. The molecule has 0 saturated heterocycles. The van der Waals surface area contributed by atoms with Crippen LogP contribution in [0, 0.1) is 12.7 Å². The average Bonchev–Trinajstić information content (AvgIpc) is 3.28. The third-order valence-corrected chi connectivity index (χ3v) is 7.01. The van der Waals surface area contributed by atoms with E-state index in [9.17, 15) is 17.6 Å². The topological polar surface area (TPSA) is 93.1 Å². The Balaban J connectivity index is 1.64. The van der Waals surface area contributed by atoms with Crippen molar-refractivity contribution < 1.29 is 17.6 Å². The monoisotopic (exact) mass is 492 g/mol. The minimum atomic E-state index is -3.70. The molecule has 1 heterocycles. The van der Waals surface area contributed by atoms with Gasteiger partial charge in [-0.15, -0.1) is 0 Å². The Morgan fingerprint density at radius 1 is 1.03 bits per heavy atom. The second kappa shape index (κ2) is 10.2. The molecule has 0 aliphatic heterocycles. The Morgan fingerprint density at radius 2 is 1.74 bits per heavy atom. The lowest BCUT2D eigenvalue weighted by Gasteiger charge is -2.11. The summed E-state index contributed by atoms with van der Waals surface area (Å²) in [5.41, 5.74) is 3.79. The Morgan fingerprint density at radius 3 is 2.43 bits per heavy atom. The molecule has 0 unspecified atom stereocenters. The number of para-hydroxylation sites is 1. The highest BCUT2D eigenvalue weighted by molar-refractivity contribution is 7.89. The zero-order valence-electron chi connectivity index (χ0n) is 19.3. The normalized spacial score (nSPS) is 11.4. The number of carbonyl (C=O) groups excluding carboxylic acids is 1. The maximum atomic E-state index is 13.5. The minimum Gasteiger partial charge on any atom is -0.348 e. The summed E-state index contributed by atoms with van der Waals surface area (Å²) >= 11 is 0. The zero-order valence-corrected chi connectivity index (χ0v) is 20.1. The molecule has 35 heavy (non-hydrogen) atoms. The van der Waals surface area contributed by atoms with Gasteiger partial charge in [-0.2, -0.15) is 5.10 Å². The van der Waals surface area contributed by atoms with Crippen LogP contribution in [0.5, 0.6) is 0 Å². The molecule has 0 bridgehead atoms. The van der Waals surface area contributed by atoms with Gasteiger partial charge in [0.2, 0.25) is 10.0 Å². The predicted octanol–water partition coefficient (Wildman–Crippen LogP) is 4.22. The summed E-state index contributed by atoms with van der Waals surface area (Å²) in [5.74, 6) is -0.762. The first-order valence-electron chi connectivity index (χ1n) is 11.1. The molecule has 4 aromatic rings. The lowest BCUT2D eigenvalue weighted by Crippen LogP contribution is -2.26. The fourth-order valence-corrected chi connectivity index (χ4v) is 4.73. The number of aromatic nitrogens is 2. The van der Waals surface area contributed by atoms with Crippen molar-refractivity contribution in [2.75, 3.05) is 6.54 Å². The van der Waals surface area contributed by atoms with Crippen molar-refractivity contribution in [3.63, 3.8) is 0 Å². The van der Waals surface area contributed by atoms with Crippen LogP contribution in [0.3, 0.4) is 0 Å². The molecule has 4 rings (SSSR count). The number of halogens is 1. The molecule has 3 aromatic carbocycles. The highest BCUT2D eigenvalue weighted by Crippen LogP contribution is 2.24. The lowest BCUT2D eigenvalue weighted by atomic mass is 10.1. The minimum absolute atomic E-state index is 0.0269. The van der Waals surface area contributed by atoms with Gasteiger partial charge in [0, 0.05) is 36.0 Å². The molecule has 0 aliphatic rings. The summed E-state index contributed by atoms with van der Waals surface area (Å²) in [6.07, 6.45) is 1.81. The SMILES string of the molecule is CCNS(=O)(=O)c1ccc(C)c(C(=O)NCc2cn(-c3ccccc3)nc2-c2ccc(F)cc2)c1. The Kier molecular flexibility index (Phi) is 7.09. The van der Waals surface area contributed by atoms with E-state index in [2.05, 4.69) is 15.1 Å². The number of sulfonamides is 1. The van der Waals surface area contributed by atoms with Crippen molar-refractivity contribution >= 4 is 15.9 Å². The molecule has 7 nitrogen and oxygen atoms in total. The van der Waals surface area contributed by atoms with Crippen molar-refractivity contribution in [3.8, 4) is 16.9 Å². The number of amides is 1. The quantitative estimate of drug-likeness (QED) is 0.385. The molecule has 0 fully saturated rings. The standard InChI is InChI=1S/C26H25FN4O3S/c1-3-29-35(33,34)23-14-9-18(2)24(15-23)26(32)28-16-20-17-31(22-7-5-4-6-8-22)30-25(20)19-10-12-21(27)13-11-19/h4-15,17,29H,3,16H2,1-2H3,(H,28,32). The molecule has 0 spiro atoms. The van der Waals surface area contributed by atoms with Gasteiger partial charge in [0.25, 0.3) is 5.91 Å². The van der Waals surface area contributed by atoms with Crippen molar-refractivity contribution in [1.82, 2.24) is 19.8 Å². The van der Waals surface area contributed by atoms with E-state index in [4.69, 9.17) is 0 Å². The molecule has 2 N–H and O–H groups in total. The van der Waals surface area contributed by atoms with E-state index in [1.165, 1.54) is 24.3 Å². The number of hydrogen-bond acceptors (Lipinski definition) is 4. The van der Waals surface area contributed by atoms with Crippen molar-refractivity contribution in [1.29, 1.82) is 0 Å². The van der Waals surface area contributed by atoms with Crippen LogP contribution in [0.1, 0.15) is 28.4 Å². The van der Waals surface area contributed by atoms with Crippen LogP contribution in [0.15, 0.2) is 83.9 Å². The number of aryl methyl sites for hydroxylation is 1. The van der Waals surface area contributed by atoms with Gasteiger partial charge in [-0.25, -0.2) is 22.2 Å². The Labute approximate surface area is 203 Å². The Bertz CT molecular complexity index is 1450. The maximum absolute atomic E-state index is 13.5.